The fourth-order valence-electron chi connectivity index (χ4n) is 4.74. The molecule has 0 saturated carbocycles. The summed E-state index contributed by atoms with van der Waals surface area (Å²) in [6.07, 6.45) is -2.81. The van der Waals surface area contributed by atoms with Gasteiger partial charge in [-0.3, -0.25) is 9.69 Å². The molecule has 2 aliphatic heterocycles. The Bertz CT molecular complexity index is 942. The van der Waals surface area contributed by atoms with Crippen molar-refractivity contribution in [2.75, 3.05) is 51.3 Å². The Hall–Kier alpha value is -2.74. The van der Waals surface area contributed by atoms with E-state index in [1.807, 2.05) is 24.3 Å². The summed E-state index contributed by atoms with van der Waals surface area (Å²) in [5.74, 6) is 0.314. The SMILES string of the molecule is COc1ccccc1N1CCN(C2CCCN(C(=O)c3ccccc3C(F)(F)F)C2)CC1. The first-order chi connectivity index (χ1) is 15.4. The molecule has 32 heavy (non-hydrogen) atoms. The smallest absolute Gasteiger partial charge is 0.417 e. The number of hydrogen-bond donors (Lipinski definition) is 0. The fraction of sp³-hybridized carbons (Fsp3) is 0.458. The number of anilines is 1. The quantitative estimate of drug-likeness (QED) is 0.706. The second kappa shape index (κ2) is 9.40. The van der Waals surface area contributed by atoms with Crippen LogP contribution in [0.1, 0.15) is 28.8 Å². The van der Waals surface area contributed by atoms with Crippen LogP contribution >= 0.6 is 0 Å². The van der Waals surface area contributed by atoms with Crippen molar-refractivity contribution in [1.82, 2.24) is 9.80 Å². The summed E-state index contributed by atoms with van der Waals surface area (Å²) < 4.78 is 45.6. The van der Waals surface area contributed by atoms with Crippen LogP contribution in [0.3, 0.4) is 0 Å². The van der Waals surface area contributed by atoms with Crippen LogP contribution < -0.4 is 9.64 Å². The molecule has 1 atom stereocenters. The average molecular weight is 448 g/mol. The van der Waals surface area contributed by atoms with Crippen molar-refractivity contribution in [2.45, 2.75) is 25.1 Å². The zero-order chi connectivity index (χ0) is 22.7. The van der Waals surface area contributed by atoms with Crippen LogP contribution in [0.25, 0.3) is 0 Å². The summed E-state index contributed by atoms with van der Waals surface area (Å²) in [5.41, 5.74) is -0.0574. The van der Waals surface area contributed by atoms with Crippen LogP contribution in [0.2, 0.25) is 0 Å². The molecule has 2 aromatic carbocycles. The van der Waals surface area contributed by atoms with Gasteiger partial charge in [0, 0.05) is 45.3 Å². The first-order valence-electron chi connectivity index (χ1n) is 11.0. The molecular weight excluding hydrogens is 419 g/mol. The van der Waals surface area contributed by atoms with E-state index in [1.54, 1.807) is 12.0 Å². The summed E-state index contributed by atoms with van der Waals surface area (Å²) in [7, 11) is 1.67. The van der Waals surface area contributed by atoms with Gasteiger partial charge < -0.3 is 14.5 Å². The van der Waals surface area contributed by atoms with E-state index in [4.69, 9.17) is 4.74 Å². The maximum atomic E-state index is 13.4. The molecule has 2 fully saturated rings. The van der Waals surface area contributed by atoms with Gasteiger partial charge in [0.05, 0.1) is 23.9 Å². The number of carbonyl (C=O) groups excluding carboxylic acids is 1. The van der Waals surface area contributed by atoms with Crippen LogP contribution in [-0.2, 0) is 6.18 Å². The number of methoxy groups -OCH3 is 1. The molecule has 0 spiro atoms. The molecule has 2 aliphatic rings. The predicted octanol–water partition coefficient (Wildman–Crippen LogP) is 4.14. The van der Waals surface area contributed by atoms with E-state index < -0.39 is 17.6 Å². The van der Waals surface area contributed by atoms with Gasteiger partial charge in [0.1, 0.15) is 5.75 Å². The molecule has 5 nitrogen and oxygen atoms in total. The van der Waals surface area contributed by atoms with E-state index >= 15 is 0 Å². The summed E-state index contributed by atoms with van der Waals surface area (Å²) >= 11 is 0. The van der Waals surface area contributed by atoms with Gasteiger partial charge >= 0.3 is 6.18 Å². The van der Waals surface area contributed by atoms with Crippen molar-refractivity contribution in [3.05, 3.63) is 59.7 Å². The molecule has 2 aromatic rings. The third-order valence-electron chi connectivity index (χ3n) is 6.40. The number of piperidine rings is 1. The van der Waals surface area contributed by atoms with Crippen LogP contribution in [0, 0.1) is 0 Å². The number of amides is 1. The maximum Gasteiger partial charge on any atom is 0.417 e. The number of ether oxygens (including phenoxy) is 1. The first kappa shape index (κ1) is 22.5. The number of likely N-dealkylation sites (tertiary alicyclic amines) is 1. The Balaban J connectivity index is 1.41. The largest absolute Gasteiger partial charge is 0.495 e. The summed E-state index contributed by atoms with van der Waals surface area (Å²) in [4.78, 5) is 19.2. The molecule has 172 valence electrons. The Kier molecular flexibility index (Phi) is 6.60. The van der Waals surface area contributed by atoms with E-state index in [-0.39, 0.29) is 11.6 Å². The minimum absolute atomic E-state index is 0.158. The van der Waals surface area contributed by atoms with Crippen molar-refractivity contribution in [2.24, 2.45) is 0 Å². The van der Waals surface area contributed by atoms with Gasteiger partial charge in [-0.1, -0.05) is 24.3 Å². The topological polar surface area (TPSA) is 36.0 Å². The summed E-state index contributed by atoms with van der Waals surface area (Å²) in [6, 6.07) is 13.2. The van der Waals surface area contributed by atoms with Crippen molar-refractivity contribution in [3.8, 4) is 5.75 Å². The van der Waals surface area contributed by atoms with Gasteiger partial charge in [0.25, 0.3) is 5.91 Å². The van der Waals surface area contributed by atoms with Crippen LogP contribution in [0.15, 0.2) is 48.5 Å². The molecule has 8 heteroatoms. The molecule has 1 amide bonds. The summed E-state index contributed by atoms with van der Waals surface area (Å²) in [6.45, 7) is 4.29. The van der Waals surface area contributed by atoms with E-state index in [1.165, 1.54) is 18.2 Å². The molecule has 2 heterocycles. The normalized spacial score (nSPS) is 20.3. The van der Waals surface area contributed by atoms with Crippen molar-refractivity contribution in [3.63, 3.8) is 0 Å². The van der Waals surface area contributed by atoms with Gasteiger partial charge in [-0.15, -0.1) is 0 Å². The summed E-state index contributed by atoms with van der Waals surface area (Å²) in [5, 5.41) is 0. The van der Waals surface area contributed by atoms with Gasteiger partial charge in [-0.05, 0) is 37.1 Å². The second-order valence-electron chi connectivity index (χ2n) is 8.29. The maximum absolute atomic E-state index is 13.4. The molecule has 0 bridgehead atoms. The number of carbonyl (C=O) groups is 1. The lowest BCUT2D eigenvalue weighted by Crippen LogP contribution is -2.56. The highest BCUT2D eigenvalue weighted by Crippen LogP contribution is 2.33. The number of rotatable bonds is 4. The average Bonchev–Trinajstić information content (AvgIpc) is 2.83. The third kappa shape index (κ3) is 4.70. The predicted molar refractivity (Wildman–Crippen MR) is 117 cm³/mol. The highest BCUT2D eigenvalue weighted by Gasteiger charge is 2.37. The molecule has 0 aromatic heterocycles. The fourth-order valence-corrected chi connectivity index (χ4v) is 4.74. The Morgan fingerprint density at radius 2 is 1.66 bits per heavy atom. The minimum atomic E-state index is -4.55. The lowest BCUT2D eigenvalue weighted by molar-refractivity contribution is -0.138. The minimum Gasteiger partial charge on any atom is -0.495 e. The van der Waals surface area contributed by atoms with E-state index in [9.17, 15) is 18.0 Å². The van der Waals surface area contributed by atoms with Crippen LogP contribution in [0.4, 0.5) is 18.9 Å². The molecule has 0 N–H and O–H groups in total. The number of nitrogens with zero attached hydrogens (tertiary/aromatic N) is 3. The lowest BCUT2D eigenvalue weighted by Gasteiger charge is -2.44. The number of alkyl halides is 3. The molecule has 4 rings (SSSR count). The lowest BCUT2D eigenvalue weighted by atomic mass is 10.00. The van der Waals surface area contributed by atoms with Gasteiger partial charge in [0.15, 0.2) is 0 Å². The molecule has 1 unspecified atom stereocenters. The number of para-hydroxylation sites is 2. The van der Waals surface area contributed by atoms with E-state index in [0.29, 0.717) is 13.1 Å². The van der Waals surface area contributed by atoms with Gasteiger partial charge in [-0.2, -0.15) is 13.2 Å². The third-order valence-corrected chi connectivity index (χ3v) is 6.40. The monoisotopic (exact) mass is 447 g/mol. The molecule has 2 saturated heterocycles. The first-order valence-corrected chi connectivity index (χ1v) is 11.0. The van der Waals surface area contributed by atoms with Crippen LogP contribution in [0.5, 0.6) is 5.75 Å². The Morgan fingerprint density at radius 1 is 0.969 bits per heavy atom. The second-order valence-corrected chi connectivity index (χ2v) is 8.29. The number of piperazine rings is 1. The van der Waals surface area contributed by atoms with Gasteiger partial charge in [-0.25, -0.2) is 0 Å². The Morgan fingerprint density at radius 3 is 2.38 bits per heavy atom. The van der Waals surface area contributed by atoms with Crippen molar-refractivity contribution < 1.29 is 22.7 Å². The molecule has 0 aliphatic carbocycles. The highest BCUT2D eigenvalue weighted by molar-refractivity contribution is 5.96. The zero-order valence-electron chi connectivity index (χ0n) is 18.1. The number of halogens is 3. The van der Waals surface area contributed by atoms with Gasteiger partial charge in [0.2, 0.25) is 0 Å². The van der Waals surface area contributed by atoms with E-state index in [2.05, 4.69) is 9.80 Å². The van der Waals surface area contributed by atoms with Crippen molar-refractivity contribution in [1.29, 1.82) is 0 Å². The number of hydrogen-bond acceptors (Lipinski definition) is 4. The zero-order valence-corrected chi connectivity index (χ0v) is 18.1. The van der Waals surface area contributed by atoms with E-state index in [0.717, 1.165) is 56.5 Å². The van der Waals surface area contributed by atoms with Crippen LogP contribution in [-0.4, -0.2) is 68.1 Å². The highest BCUT2D eigenvalue weighted by atomic mass is 19.4. The van der Waals surface area contributed by atoms with Crippen molar-refractivity contribution >= 4 is 11.6 Å². The molecular formula is C24H28F3N3O2. The standard InChI is InChI=1S/C24H28F3N3O2/c1-32-22-11-5-4-10-21(22)29-15-13-28(14-16-29)18-7-6-12-30(17-18)23(31)19-8-2-3-9-20(19)24(25,26)27/h2-5,8-11,18H,6-7,12-17H2,1H3. The number of benzene rings is 2. The Labute approximate surface area is 186 Å². The molecule has 0 radical (unpaired) electrons.